The number of amides is 1. The zero-order valence-corrected chi connectivity index (χ0v) is 14.4. The van der Waals surface area contributed by atoms with Gasteiger partial charge in [-0.15, -0.1) is 0 Å². The number of hydrogen-bond acceptors (Lipinski definition) is 4. The lowest BCUT2D eigenvalue weighted by molar-refractivity contribution is -0.0586. The summed E-state index contributed by atoms with van der Waals surface area (Å²) >= 11 is 0. The van der Waals surface area contributed by atoms with Crippen LogP contribution in [-0.4, -0.2) is 45.7 Å². The van der Waals surface area contributed by atoms with E-state index in [1.165, 1.54) is 0 Å². The number of aromatic nitrogens is 2. The topological polar surface area (TPSA) is 59.4 Å². The van der Waals surface area contributed by atoms with E-state index < -0.39 is 0 Å². The summed E-state index contributed by atoms with van der Waals surface area (Å²) in [6.07, 6.45) is 3.86. The molecule has 2 aromatic rings. The molecule has 3 rings (SSSR count). The Morgan fingerprint density at radius 1 is 1.25 bits per heavy atom. The van der Waals surface area contributed by atoms with Gasteiger partial charge in [0.15, 0.2) is 0 Å². The van der Waals surface area contributed by atoms with Gasteiger partial charge in [-0.3, -0.25) is 4.79 Å². The highest BCUT2D eigenvalue weighted by atomic mass is 16.5. The molecule has 128 valence electrons. The van der Waals surface area contributed by atoms with Crippen molar-refractivity contribution in [2.75, 3.05) is 18.4 Å². The summed E-state index contributed by atoms with van der Waals surface area (Å²) in [7, 11) is 1.97. The number of aryl methyl sites for hydroxylation is 1. The maximum Gasteiger partial charge on any atom is 0.254 e. The van der Waals surface area contributed by atoms with Gasteiger partial charge in [-0.1, -0.05) is 0 Å². The highest BCUT2D eigenvalue weighted by molar-refractivity contribution is 5.94. The first kappa shape index (κ1) is 16.5. The average Bonchev–Trinajstić information content (AvgIpc) is 2.97. The van der Waals surface area contributed by atoms with Crippen molar-refractivity contribution in [1.82, 2.24) is 14.5 Å². The summed E-state index contributed by atoms with van der Waals surface area (Å²) in [5.74, 6) is 1.03. The molecule has 1 amide bonds. The number of rotatable bonds is 4. The van der Waals surface area contributed by atoms with Crippen molar-refractivity contribution in [2.24, 2.45) is 7.05 Å². The Morgan fingerprint density at radius 3 is 2.50 bits per heavy atom. The Morgan fingerprint density at radius 2 is 1.92 bits per heavy atom. The number of anilines is 1. The second kappa shape index (κ2) is 7.05. The minimum atomic E-state index is 0.0626. The molecule has 1 aromatic heterocycles. The van der Waals surface area contributed by atoms with Crippen LogP contribution in [0.3, 0.4) is 0 Å². The molecule has 1 aromatic carbocycles. The number of benzene rings is 1. The Hall–Kier alpha value is -2.34. The monoisotopic (exact) mass is 328 g/mol. The van der Waals surface area contributed by atoms with Gasteiger partial charge in [-0.2, -0.15) is 0 Å². The smallest absolute Gasteiger partial charge is 0.254 e. The number of morpholine rings is 1. The second-order valence-electron chi connectivity index (χ2n) is 6.35. The molecule has 6 heteroatoms. The van der Waals surface area contributed by atoms with Crippen molar-refractivity contribution in [1.29, 1.82) is 0 Å². The summed E-state index contributed by atoms with van der Waals surface area (Å²) < 4.78 is 7.66. The molecule has 2 unspecified atom stereocenters. The molecule has 0 aliphatic carbocycles. The van der Waals surface area contributed by atoms with Gasteiger partial charge >= 0.3 is 0 Å². The summed E-state index contributed by atoms with van der Waals surface area (Å²) in [6, 6.07) is 7.61. The van der Waals surface area contributed by atoms with Gasteiger partial charge in [0, 0.05) is 43.8 Å². The van der Waals surface area contributed by atoms with E-state index in [0.717, 1.165) is 11.5 Å². The van der Waals surface area contributed by atoms with Crippen molar-refractivity contribution in [3.05, 3.63) is 48.0 Å². The van der Waals surface area contributed by atoms with Crippen molar-refractivity contribution in [3.63, 3.8) is 0 Å². The number of nitrogens with zero attached hydrogens (tertiary/aromatic N) is 3. The van der Waals surface area contributed by atoms with Crippen LogP contribution in [0, 0.1) is 0 Å². The second-order valence-corrected chi connectivity index (χ2v) is 6.35. The van der Waals surface area contributed by atoms with Crippen LogP contribution in [0.15, 0.2) is 36.7 Å². The SMILES string of the molecule is CC1CN(C(=O)c2ccc(NCc3nccn3C)cc2)CC(C)O1. The standard InChI is InChI=1S/C18H24N4O2/c1-13-11-22(12-14(2)24-13)18(23)15-4-6-16(7-5-15)20-10-17-19-8-9-21(17)3/h4-9,13-14,20H,10-12H2,1-3H3. The molecule has 1 saturated heterocycles. The van der Waals surface area contributed by atoms with Gasteiger partial charge < -0.3 is 19.5 Å². The first-order chi connectivity index (χ1) is 11.5. The van der Waals surface area contributed by atoms with Gasteiger partial charge in [0.1, 0.15) is 5.82 Å². The average molecular weight is 328 g/mol. The van der Waals surface area contributed by atoms with E-state index in [9.17, 15) is 4.79 Å². The van der Waals surface area contributed by atoms with Crippen molar-refractivity contribution >= 4 is 11.6 Å². The summed E-state index contributed by atoms with van der Waals surface area (Å²) in [5, 5.41) is 3.32. The fraction of sp³-hybridized carbons (Fsp3) is 0.444. The number of carbonyl (C=O) groups excluding carboxylic acids is 1. The number of hydrogen-bond donors (Lipinski definition) is 1. The molecule has 0 bridgehead atoms. The minimum absolute atomic E-state index is 0.0626. The third-order valence-electron chi connectivity index (χ3n) is 4.21. The largest absolute Gasteiger partial charge is 0.378 e. The lowest BCUT2D eigenvalue weighted by atomic mass is 10.1. The maximum absolute atomic E-state index is 12.6. The molecular weight excluding hydrogens is 304 g/mol. The molecule has 24 heavy (non-hydrogen) atoms. The summed E-state index contributed by atoms with van der Waals surface area (Å²) in [4.78, 5) is 18.8. The van der Waals surface area contributed by atoms with Gasteiger partial charge in [0.05, 0.1) is 18.8 Å². The number of carbonyl (C=O) groups is 1. The molecule has 2 heterocycles. The van der Waals surface area contributed by atoms with Crippen LogP contribution in [-0.2, 0) is 18.3 Å². The van der Waals surface area contributed by atoms with Gasteiger partial charge in [0.25, 0.3) is 5.91 Å². The van der Waals surface area contributed by atoms with Gasteiger partial charge in [-0.25, -0.2) is 4.98 Å². The fourth-order valence-electron chi connectivity index (χ4n) is 3.00. The van der Waals surface area contributed by atoms with Crippen LogP contribution in [0.5, 0.6) is 0 Å². The molecule has 6 nitrogen and oxygen atoms in total. The van der Waals surface area contributed by atoms with E-state index in [-0.39, 0.29) is 18.1 Å². The van der Waals surface area contributed by atoms with E-state index in [1.807, 2.05) is 60.8 Å². The summed E-state index contributed by atoms with van der Waals surface area (Å²) in [6.45, 7) is 5.93. The predicted molar refractivity (Wildman–Crippen MR) is 92.9 cm³/mol. The Labute approximate surface area is 142 Å². The van der Waals surface area contributed by atoms with E-state index in [2.05, 4.69) is 10.3 Å². The Kier molecular flexibility index (Phi) is 4.85. The van der Waals surface area contributed by atoms with E-state index in [1.54, 1.807) is 6.20 Å². The van der Waals surface area contributed by atoms with Crippen LogP contribution in [0.4, 0.5) is 5.69 Å². The zero-order chi connectivity index (χ0) is 17.1. The zero-order valence-electron chi connectivity index (χ0n) is 14.4. The number of imidazole rings is 1. The third kappa shape index (κ3) is 3.76. The van der Waals surface area contributed by atoms with Crippen molar-refractivity contribution in [2.45, 2.75) is 32.6 Å². The lowest BCUT2D eigenvalue weighted by Gasteiger charge is -2.35. The van der Waals surface area contributed by atoms with Crippen LogP contribution in [0.2, 0.25) is 0 Å². The number of nitrogens with one attached hydrogen (secondary N) is 1. The normalized spacial score (nSPS) is 20.9. The van der Waals surface area contributed by atoms with Crippen molar-refractivity contribution in [3.8, 4) is 0 Å². The van der Waals surface area contributed by atoms with Gasteiger partial charge in [-0.05, 0) is 38.1 Å². The molecule has 0 saturated carbocycles. The molecule has 1 aliphatic rings. The maximum atomic E-state index is 12.6. The molecular formula is C18H24N4O2. The molecule has 1 aliphatic heterocycles. The third-order valence-corrected chi connectivity index (χ3v) is 4.21. The number of ether oxygens (including phenoxy) is 1. The minimum Gasteiger partial charge on any atom is -0.378 e. The Balaban J connectivity index is 1.61. The van der Waals surface area contributed by atoms with Crippen LogP contribution >= 0.6 is 0 Å². The van der Waals surface area contributed by atoms with Crippen LogP contribution in [0.25, 0.3) is 0 Å². The van der Waals surface area contributed by atoms with Crippen LogP contribution in [0.1, 0.15) is 30.0 Å². The molecule has 2 atom stereocenters. The molecule has 1 N–H and O–H groups in total. The van der Waals surface area contributed by atoms with Crippen molar-refractivity contribution < 1.29 is 9.53 Å². The highest BCUT2D eigenvalue weighted by Crippen LogP contribution is 2.16. The fourth-order valence-corrected chi connectivity index (χ4v) is 3.00. The Bertz CT molecular complexity index is 685. The lowest BCUT2D eigenvalue weighted by Crippen LogP contribution is -2.48. The van der Waals surface area contributed by atoms with E-state index in [0.29, 0.717) is 25.2 Å². The molecule has 0 spiro atoms. The van der Waals surface area contributed by atoms with E-state index >= 15 is 0 Å². The van der Waals surface area contributed by atoms with Gasteiger partial charge in [0.2, 0.25) is 0 Å². The first-order valence-electron chi connectivity index (χ1n) is 8.28. The highest BCUT2D eigenvalue weighted by Gasteiger charge is 2.26. The van der Waals surface area contributed by atoms with E-state index in [4.69, 9.17) is 4.74 Å². The van der Waals surface area contributed by atoms with Crippen LogP contribution < -0.4 is 5.32 Å². The quantitative estimate of drug-likeness (QED) is 0.935. The summed E-state index contributed by atoms with van der Waals surface area (Å²) in [5.41, 5.74) is 1.68. The molecule has 0 radical (unpaired) electrons. The molecule has 1 fully saturated rings. The first-order valence-corrected chi connectivity index (χ1v) is 8.28. The predicted octanol–water partition coefficient (Wildman–Crippen LogP) is 2.28.